The molecule has 2 N–H and O–H groups in total. The van der Waals surface area contributed by atoms with Gasteiger partial charge in [-0.15, -0.1) is 0 Å². The SMILES string of the molecule is Cc1ncc(CN2CCC3(CC2)CC3C(=O)NCCC2=CCCCC2)[nH]1. The first kappa shape index (κ1) is 17.8. The second-order valence-corrected chi connectivity index (χ2v) is 8.54. The Morgan fingerprint density at radius 1 is 1.38 bits per heavy atom. The average Bonchev–Trinajstić information content (AvgIpc) is 3.21. The van der Waals surface area contributed by atoms with Gasteiger partial charge in [-0.25, -0.2) is 4.98 Å². The van der Waals surface area contributed by atoms with Crippen LogP contribution in [0, 0.1) is 18.3 Å². The zero-order valence-corrected chi connectivity index (χ0v) is 16.0. The Bertz CT molecular complexity index is 669. The summed E-state index contributed by atoms with van der Waals surface area (Å²) in [6.07, 6.45) is 13.9. The lowest BCUT2D eigenvalue weighted by molar-refractivity contribution is -0.123. The molecule has 1 aromatic rings. The third kappa shape index (κ3) is 4.03. The Morgan fingerprint density at radius 3 is 2.92 bits per heavy atom. The van der Waals surface area contributed by atoms with Crippen LogP contribution in [0.25, 0.3) is 0 Å². The first-order valence-electron chi connectivity index (χ1n) is 10.3. The maximum absolute atomic E-state index is 12.5. The molecule has 0 radical (unpaired) electrons. The molecule has 1 aromatic heterocycles. The molecule has 2 aliphatic carbocycles. The highest BCUT2D eigenvalue weighted by Crippen LogP contribution is 2.59. The molecule has 1 unspecified atom stereocenters. The van der Waals surface area contributed by atoms with Gasteiger partial charge in [-0.2, -0.15) is 0 Å². The zero-order valence-electron chi connectivity index (χ0n) is 16.0. The first-order valence-corrected chi connectivity index (χ1v) is 10.3. The van der Waals surface area contributed by atoms with E-state index < -0.39 is 0 Å². The Balaban J connectivity index is 1.18. The van der Waals surface area contributed by atoms with Gasteiger partial charge >= 0.3 is 0 Å². The summed E-state index contributed by atoms with van der Waals surface area (Å²) in [6.45, 7) is 5.95. The number of nitrogens with one attached hydrogen (secondary N) is 2. The van der Waals surface area contributed by atoms with Gasteiger partial charge in [0.05, 0.1) is 0 Å². The summed E-state index contributed by atoms with van der Waals surface area (Å²) in [6, 6.07) is 0. The van der Waals surface area contributed by atoms with Crippen LogP contribution in [0.4, 0.5) is 0 Å². The number of aromatic amines is 1. The average molecular weight is 357 g/mol. The van der Waals surface area contributed by atoms with Crippen LogP contribution in [-0.2, 0) is 11.3 Å². The molecule has 1 saturated carbocycles. The van der Waals surface area contributed by atoms with Crippen molar-refractivity contribution in [1.82, 2.24) is 20.2 Å². The Labute approximate surface area is 156 Å². The lowest BCUT2D eigenvalue weighted by atomic mass is 9.90. The Kier molecular flexibility index (Phi) is 5.16. The van der Waals surface area contributed by atoms with E-state index in [2.05, 4.69) is 26.3 Å². The van der Waals surface area contributed by atoms with Gasteiger partial charge < -0.3 is 10.3 Å². The van der Waals surface area contributed by atoms with Gasteiger partial charge in [-0.3, -0.25) is 9.69 Å². The quantitative estimate of drug-likeness (QED) is 0.769. The predicted molar refractivity (Wildman–Crippen MR) is 103 cm³/mol. The summed E-state index contributed by atoms with van der Waals surface area (Å²) in [5.74, 6) is 1.55. The minimum atomic E-state index is 0.263. The molecule has 5 heteroatoms. The van der Waals surface area contributed by atoms with Crippen molar-refractivity contribution in [2.24, 2.45) is 11.3 Å². The molecule has 3 aliphatic rings. The second kappa shape index (κ2) is 7.55. The maximum Gasteiger partial charge on any atom is 0.223 e. The van der Waals surface area contributed by atoms with Crippen LogP contribution >= 0.6 is 0 Å². The normalized spacial score (nSPS) is 25.1. The molecule has 2 heterocycles. The number of rotatable bonds is 6. The van der Waals surface area contributed by atoms with Crippen molar-refractivity contribution in [3.63, 3.8) is 0 Å². The molecule has 0 bridgehead atoms. The number of aryl methyl sites for hydroxylation is 1. The highest BCUT2D eigenvalue weighted by Gasteiger charge is 2.58. The Morgan fingerprint density at radius 2 is 2.23 bits per heavy atom. The van der Waals surface area contributed by atoms with E-state index in [1.165, 1.54) is 31.4 Å². The van der Waals surface area contributed by atoms with Crippen molar-refractivity contribution in [3.05, 3.63) is 29.4 Å². The maximum atomic E-state index is 12.5. The number of carbonyl (C=O) groups is 1. The molecule has 2 fully saturated rings. The molecule has 1 saturated heterocycles. The van der Waals surface area contributed by atoms with Crippen LogP contribution in [0.3, 0.4) is 0 Å². The summed E-state index contributed by atoms with van der Waals surface area (Å²) in [5, 5.41) is 3.21. The molecule has 26 heavy (non-hydrogen) atoms. The molecule has 0 aromatic carbocycles. The number of amides is 1. The lowest BCUT2D eigenvalue weighted by Crippen LogP contribution is -2.37. The van der Waals surface area contributed by atoms with Crippen LogP contribution in [0.2, 0.25) is 0 Å². The molecular formula is C21H32N4O. The smallest absolute Gasteiger partial charge is 0.223 e. The Hall–Kier alpha value is -1.62. The van der Waals surface area contributed by atoms with Crippen molar-refractivity contribution in [2.45, 2.75) is 64.8 Å². The molecule has 4 rings (SSSR count). The third-order valence-corrected chi connectivity index (χ3v) is 6.64. The lowest BCUT2D eigenvalue weighted by Gasteiger charge is -2.32. The number of imidazole rings is 1. The summed E-state index contributed by atoms with van der Waals surface area (Å²) in [7, 11) is 0. The summed E-state index contributed by atoms with van der Waals surface area (Å²) >= 11 is 0. The van der Waals surface area contributed by atoms with E-state index in [0.29, 0.717) is 11.3 Å². The third-order valence-electron chi connectivity index (χ3n) is 6.64. The molecule has 5 nitrogen and oxygen atoms in total. The van der Waals surface area contributed by atoms with E-state index in [1.807, 2.05) is 13.1 Å². The fraction of sp³-hybridized carbons (Fsp3) is 0.714. The van der Waals surface area contributed by atoms with E-state index in [9.17, 15) is 4.79 Å². The van der Waals surface area contributed by atoms with Crippen LogP contribution in [-0.4, -0.2) is 40.4 Å². The number of piperidine rings is 1. The van der Waals surface area contributed by atoms with Gasteiger partial charge in [0.1, 0.15) is 5.82 Å². The topological polar surface area (TPSA) is 61.0 Å². The van der Waals surface area contributed by atoms with Gasteiger partial charge in [0, 0.05) is 30.9 Å². The van der Waals surface area contributed by atoms with E-state index in [-0.39, 0.29) is 5.92 Å². The van der Waals surface area contributed by atoms with Crippen molar-refractivity contribution >= 4 is 5.91 Å². The fourth-order valence-electron chi connectivity index (χ4n) is 4.82. The molecular weight excluding hydrogens is 324 g/mol. The number of hydrogen-bond donors (Lipinski definition) is 2. The molecule has 1 atom stereocenters. The van der Waals surface area contributed by atoms with Crippen LogP contribution < -0.4 is 5.32 Å². The first-order chi connectivity index (χ1) is 12.6. The summed E-state index contributed by atoms with van der Waals surface area (Å²) in [4.78, 5) is 22.6. The molecule has 1 aliphatic heterocycles. The van der Waals surface area contributed by atoms with E-state index in [4.69, 9.17) is 0 Å². The minimum absolute atomic E-state index is 0.263. The van der Waals surface area contributed by atoms with E-state index in [0.717, 1.165) is 57.7 Å². The highest BCUT2D eigenvalue weighted by molar-refractivity contribution is 5.82. The minimum Gasteiger partial charge on any atom is -0.356 e. The zero-order chi connectivity index (χ0) is 18.0. The van der Waals surface area contributed by atoms with Gasteiger partial charge in [-0.05, 0) is 76.8 Å². The van der Waals surface area contributed by atoms with Crippen molar-refractivity contribution < 1.29 is 4.79 Å². The van der Waals surface area contributed by atoms with E-state index >= 15 is 0 Å². The number of carbonyl (C=O) groups excluding carboxylic acids is 1. The largest absolute Gasteiger partial charge is 0.356 e. The highest BCUT2D eigenvalue weighted by atomic mass is 16.2. The van der Waals surface area contributed by atoms with E-state index in [1.54, 1.807) is 5.57 Å². The number of hydrogen-bond acceptors (Lipinski definition) is 3. The van der Waals surface area contributed by atoms with Crippen LogP contribution in [0.15, 0.2) is 17.8 Å². The van der Waals surface area contributed by atoms with Gasteiger partial charge in [-0.1, -0.05) is 11.6 Å². The molecule has 142 valence electrons. The van der Waals surface area contributed by atoms with Crippen molar-refractivity contribution in [1.29, 1.82) is 0 Å². The van der Waals surface area contributed by atoms with Crippen molar-refractivity contribution in [3.8, 4) is 0 Å². The molecule has 1 spiro atoms. The van der Waals surface area contributed by atoms with Crippen LogP contribution in [0.5, 0.6) is 0 Å². The summed E-state index contributed by atoms with van der Waals surface area (Å²) in [5.41, 5.74) is 3.04. The van der Waals surface area contributed by atoms with Crippen molar-refractivity contribution in [2.75, 3.05) is 19.6 Å². The number of allylic oxidation sites excluding steroid dienone is 1. The number of likely N-dealkylation sites (tertiary alicyclic amines) is 1. The standard InChI is InChI=1S/C21H32N4O/c1-16-23-14-18(24-16)15-25-11-8-21(9-12-25)13-19(21)20(26)22-10-7-17-5-3-2-4-6-17/h5,14,19H,2-4,6-13,15H2,1H3,(H,22,26)(H,23,24). The number of nitrogens with zero attached hydrogens (tertiary/aromatic N) is 2. The predicted octanol–water partition coefficient (Wildman–Crippen LogP) is 3.33. The van der Waals surface area contributed by atoms with Gasteiger partial charge in [0.25, 0.3) is 0 Å². The second-order valence-electron chi connectivity index (χ2n) is 8.54. The molecule has 1 amide bonds. The van der Waals surface area contributed by atoms with Gasteiger partial charge in [0.15, 0.2) is 0 Å². The number of H-pyrrole nitrogens is 1. The summed E-state index contributed by atoms with van der Waals surface area (Å²) < 4.78 is 0. The fourth-order valence-corrected chi connectivity index (χ4v) is 4.82. The van der Waals surface area contributed by atoms with Gasteiger partial charge in [0.2, 0.25) is 5.91 Å². The number of aromatic nitrogens is 2. The van der Waals surface area contributed by atoms with Crippen LogP contribution in [0.1, 0.15) is 62.9 Å². The monoisotopic (exact) mass is 356 g/mol.